The molecule has 1 fully saturated rings. The molecular weight excluding hydrogens is 278 g/mol. The summed E-state index contributed by atoms with van der Waals surface area (Å²) in [6, 6.07) is 3.38. The predicted molar refractivity (Wildman–Crippen MR) is 75.4 cm³/mol. The molecule has 0 aliphatic heterocycles. The number of hydrogen-bond acceptors (Lipinski definition) is 3. The van der Waals surface area contributed by atoms with Gasteiger partial charge in [0.15, 0.2) is 0 Å². The van der Waals surface area contributed by atoms with Crippen LogP contribution in [-0.2, 0) is 0 Å². The van der Waals surface area contributed by atoms with E-state index in [0.29, 0.717) is 12.1 Å². The lowest BCUT2D eigenvalue weighted by Gasteiger charge is -2.29. The summed E-state index contributed by atoms with van der Waals surface area (Å²) in [7, 11) is 2.05. The molecule has 1 aliphatic rings. The second kappa shape index (κ2) is 5.83. The lowest BCUT2D eigenvalue weighted by Crippen LogP contribution is -2.35. The Morgan fingerprint density at radius 2 is 1.88 bits per heavy atom. The zero-order chi connectivity index (χ0) is 12.3. The monoisotopic (exact) mass is 297 g/mol. The highest BCUT2D eigenvalue weighted by Crippen LogP contribution is 2.23. The van der Waals surface area contributed by atoms with Crippen molar-refractivity contribution >= 4 is 21.7 Å². The molecule has 3 nitrogen and oxygen atoms in total. The summed E-state index contributed by atoms with van der Waals surface area (Å²) >= 11 is 3.44. The second-order valence-electron chi connectivity index (χ2n) is 4.80. The SMILES string of the molecule is CNC1CCC(Nc2ncc(Br)cc2C)CC1. The zero-order valence-corrected chi connectivity index (χ0v) is 12.0. The van der Waals surface area contributed by atoms with E-state index in [-0.39, 0.29) is 0 Å². The highest BCUT2D eigenvalue weighted by molar-refractivity contribution is 9.10. The average Bonchev–Trinajstić information content (AvgIpc) is 2.34. The summed E-state index contributed by atoms with van der Waals surface area (Å²) in [6.45, 7) is 2.10. The number of hydrogen-bond donors (Lipinski definition) is 2. The van der Waals surface area contributed by atoms with E-state index in [9.17, 15) is 0 Å². The van der Waals surface area contributed by atoms with Crippen molar-refractivity contribution in [1.82, 2.24) is 10.3 Å². The van der Waals surface area contributed by atoms with E-state index >= 15 is 0 Å². The van der Waals surface area contributed by atoms with Crippen LogP contribution in [0.25, 0.3) is 0 Å². The van der Waals surface area contributed by atoms with E-state index in [0.717, 1.165) is 10.3 Å². The van der Waals surface area contributed by atoms with Crippen LogP contribution in [0.5, 0.6) is 0 Å². The first-order valence-electron chi connectivity index (χ1n) is 6.25. The van der Waals surface area contributed by atoms with Crippen LogP contribution in [0.1, 0.15) is 31.2 Å². The Hall–Kier alpha value is -0.610. The highest BCUT2D eigenvalue weighted by atomic mass is 79.9. The third-order valence-corrected chi connectivity index (χ3v) is 3.95. The van der Waals surface area contributed by atoms with Gasteiger partial charge in [0.2, 0.25) is 0 Å². The van der Waals surface area contributed by atoms with Gasteiger partial charge in [-0.05, 0) is 67.2 Å². The molecule has 0 aromatic carbocycles. The zero-order valence-electron chi connectivity index (χ0n) is 10.5. The Kier molecular flexibility index (Phi) is 4.40. The highest BCUT2D eigenvalue weighted by Gasteiger charge is 2.20. The van der Waals surface area contributed by atoms with Crippen LogP contribution in [0.15, 0.2) is 16.7 Å². The summed E-state index contributed by atoms with van der Waals surface area (Å²) in [4.78, 5) is 4.44. The quantitative estimate of drug-likeness (QED) is 0.900. The molecule has 1 heterocycles. The summed E-state index contributed by atoms with van der Waals surface area (Å²) < 4.78 is 1.04. The van der Waals surface area contributed by atoms with Gasteiger partial charge in [-0.2, -0.15) is 0 Å². The van der Waals surface area contributed by atoms with E-state index in [1.807, 2.05) is 6.20 Å². The summed E-state index contributed by atoms with van der Waals surface area (Å²) in [5.74, 6) is 1.03. The fourth-order valence-corrected chi connectivity index (χ4v) is 2.86. The van der Waals surface area contributed by atoms with Crippen molar-refractivity contribution in [2.75, 3.05) is 12.4 Å². The van der Waals surface area contributed by atoms with Gasteiger partial charge >= 0.3 is 0 Å². The smallest absolute Gasteiger partial charge is 0.129 e. The molecule has 1 saturated carbocycles. The number of nitrogens with zero attached hydrogens (tertiary/aromatic N) is 1. The van der Waals surface area contributed by atoms with Gasteiger partial charge in [0.25, 0.3) is 0 Å². The average molecular weight is 298 g/mol. The van der Waals surface area contributed by atoms with Gasteiger partial charge in [-0.15, -0.1) is 0 Å². The molecule has 1 aromatic heterocycles. The number of aryl methyl sites for hydroxylation is 1. The van der Waals surface area contributed by atoms with E-state index < -0.39 is 0 Å². The molecule has 0 radical (unpaired) electrons. The molecule has 0 saturated heterocycles. The lowest BCUT2D eigenvalue weighted by molar-refractivity contribution is 0.371. The normalized spacial score (nSPS) is 24.6. The molecule has 0 spiro atoms. The van der Waals surface area contributed by atoms with Crippen LogP contribution in [0, 0.1) is 6.92 Å². The van der Waals surface area contributed by atoms with Crippen molar-refractivity contribution in [2.45, 2.75) is 44.7 Å². The molecule has 0 unspecified atom stereocenters. The van der Waals surface area contributed by atoms with Crippen LogP contribution in [0.3, 0.4) is 0 Å². The first kappa shape index (κ1) is 12.8. The number of nitrogens with one attached hydrogen (secondary N) is 2. The molecule has 17 heavy (non-hydrogen) atoms. The van der Waals surface area contributed by atoms with Gasteiger partial charge in [-0.25, -0.2) is 4.98 Å². The summed E-state index contributed by atoms with van der Waals surface area (Å²) in [5, 5.41) is 6.92. The molecular formula is C13H20BrN3. The molecule has 2 rings (SSSR count). The molecule has 1 aromatic rings. The van der Waals surface area contributed by atoms with Gasteiger partial charge in [-0.3, -0.25) is 0 Å². The van der Waals surface area contributed by atoms with Crippen LogP contribution in [0.2, 0.25) is 0 Å². The Morgan fingerprint density at radius 3 is 2.47 bits per heavy atom. The van der Waals surface area contributed by atoms with E-state index in [2.05, 4.69) is 51.6 Å². The molecule has 0 amide bonds. The number of pyridine rings is 1. The van der Waals surface area contributed by atoms with Crippen LogP contribution < -0.4 is 10.6 Å². The van der Waals surface area contributed by atoms with Crippen molar-refractivity contribution in [3.63, 3.8) is 0 Å². The maximum atomic E-state index is 4.44. The minimum Gasteiger partial charge on any atom is -0.367 e. The van der Waals surface area contributed by atoms with Crippen molar-refractivity contribution in [3.8, 4) is 0 Å². The first-order chi connectivity index (χ1) is 8.19. The maximum Gasteiger partial charge on any atom is 0.129 e. The van der Waals surface area contributed by atoms with Crippen LogP contribution in [-0.4, -0.2) is 24.1 Å². The standard InChI is InChI=1S/C13H20BrN3/c1-9-7-10(14)8-16-13(9)17-12-5-3-11(15-2)4-6-12/h7-8,11-12,15H,3-6H2,1-2H3,(H,16,17). The van der Waals surface area contributed by atoms with Crippen molar-refractivity contribution in [3.05, 3.63) is 22.3 Å². The number of aromatic nitrogens is 1. The minimum absolute atomic E-state index is 0.576. The summed E-state index contributed by atoms with van der Waals surface area (Å²) in [6.07, 6.45) is 6.81. The van der Waals surface area contributed by atoms with Gasteiger partial charge in [0.1, 0.15) is 5.82 Å². The number of rotatable bonds is 3. The number of anilines is 1. The topological polar surface area (TPSA) is 37.0 Å². The fraction of sp³-hybridized carbons (Fsp3) is 0.615. The van der Waals surface area contributed by atoms with Crippen molar-refractivity contribution < 1.29 is 0 Å². The molecule has 0 atom stereocenters. The van der Waals surface area contributed by atoms with E-state index in [1.165, 1.54) is 31.2 Å². The van der Waals surface area contributed by atoms with Gasteiger partial charge in [-0.1, -0.05) is 0 Å². The van der Waals surface area contributed by atoms with Gasteiger partial charge < -0.3 is 10.6 Å². The second-order valence-corrected chi connectivity index (χ2v) is 5.72. The van der Waals surface area contributed by atoms with Crippen LogP contribution in [0.4, 0.5) is 5.82 Å². The Bertz CT molecular complexity index is 373. The minimum atomic E-state index is 0.576. The third-order valence-electron chi connectivity index (χ3n) is 3.52. The predicted octanol–water partition coefficient (Wildman–Crippen LogP) is 3.10. The van der Waals surface area contributed by atoms with Crippen molar-refractivity contribution in [2.24, 2.45) is 0 Å². The van der Waals surface area contributed by atoms with Crippen LogP contribution >= 0.6 is 15.9 Å². The first-order valence-corrected chi connectivity index (χ1v) is 7.04. The number of halogens is 1. The van der Waals surface area contributed by atoms with Crippen molar-refractivity contribution in [1.29, 1.82) is 0 Å². The maximum absolute atomic E-state index is 4.44. The summed E-state index contributed by atoms with van der Waals surface area (Å²) in [5.41, 5.74) is 1.20. The molecule has 0 bridgehead atoms. The van der Waals surface area contributed by atoms with E-state index in [4.69, 9.17) is 0 Å². The lowest BCUT2D eigenvalue weighted by atomic mass is 9.91. The van der Waals surface area contributed by atoms with Gasteiger partial charge in [0.05, 0.1) is 0 Å². The Labute approximate surface area is 112 Å². The Morgan fingerprint density at radius 1 is 1.24 bits per heavy atom. The molecule has 4 heteroatoms. The molecule has 94 valence electrons. The third kappa shape index (κ3) is 3.42. The van der Waals surface area contributed by atoms with Gasteiger partial charge in [0, 0.05) is 22.8 Å². The fourth-order valence-electron chi connectivity index (χ4n) is 2.41. The molecule has 1 aliphatic carbocycles. The van der Waals surface area contributed by atoms with E-state index in [1.54, 1.807) is 0 Å². The largest absolute Gasteiger partial charge is 0.367 e. The Balaban J connectivity index is 1.93. The molecule has 2 N–H and O–H groups in total.